The number of nitrogens with one attached hydrogen (secondary N) is 4. The normalized spacial score (nSPS) is 13.6. The summed E-state index contributed by atoms with van der Waals surface area (Å²) in [5.41, 5.74) is 2.50. The Bertz CT molecular complexity index is 1030. The number of carbonyl (C=O) groups excluding carboxylic acids is 2. The first-order valence-corrected chi connectivity index (χ1v) is 12.2. The van der Waals surface area contributed by atoms with Crippen molar-refractivity contribution in [2.24, 2.45) is 0 Å². The van der Waals surface area contributed by atoms with Crippen molar-refractivity contribution in [2.75, 3.05) is 5.32 Å². The Hall–Kier alpha value is -2.91. The highest BCUT2D eigenvalue weighted by atomic mass is 32.2. The Morgan fingerprint density at radius 1 is 0.969 bits per heavy atom. The van der Waals surface area contributed by atoms with Crippen molar-refractivity contribution in [2.45, 2.75) is 63.1 Å². The van der Waals surface area contributed by atoms with Crippen LogP contribution in [0.5, 0.6) is 0 Å². The van der Waals surface area contributed by atoms with Crippen LogP contribution in [-0.2, 0) is 27.8 Å². The van der Waals surface area contributed by atoms with Crippen LogP contribution in [0.15, 0.2) is 53.4 Å². The lowest BCUT2D eigenvalue weighted by molar-refractivity contribution is -0.121. The Morgan fingerprint density at radius 2 is 1.59 bits per heavy atom. The summed E-state index contributed by atoms with van der Waals surface area (Å²) < 4.78 is 27.0. The van der Waals surface area contributed by atoms with Crippen molar-refractivity contribution in [3.63, 3.8) is 0 Å². The highest BCUT2D eigenvalue weighted by molar-refractivity contribution is 7.89. The monoisotopic (exact) mass is 458 g/mol. The number of urea groups is 1. The number of hydrogen-bond acceptors (Lipinski definition) is 4. The number of rotatable bonds is 10. The molecule has 0 bridgehead atoms. The van der Waals surface area contributed by atoms with E-state index in [9.17, 15) is 18.0 Å². The number of carbonyl (C=O) groups is 2. The van der Waals surface area contributed by atoms with Gasteiger partial charge in [0.1, 0.15) is 0 Å². The maximum atomic E-state index is 12.2. The topological polar surface area (TPSA) is 116 Å². The van der Waals surface area contributed by atoms with Crippen molar-refractivity contribution < 1.29 is 18.0 Å². The van der Waals surface area contributed by atoms with Crippen LogP contribution >= 0.6 is 0 Å². The fourth-order valence-electron chi connectivity index (χ4n) is 3.01. The number of anilines is 1. The zero-order chi connectivity index (χ0) is 23.1. The van der Waals surface area contributed by atoms with Crippen LogP contribution in [0, 0.1) is 0 Å². The summed E-state index contributed by atoms with van der Waals surface area (Å²) in [4.78, 5) is 24.1. The molecule has 0 unspecified atom stereocenters. The van der Waals surface area contributed by atoms with E-state index < -0.39 is 10.0 Å². The average molecular weight is 459 g/mol. The maximum Gasteiger partial charge on any atom is 0.319 e. The smallest absolute Gasteiger partial charge is 0.319 e. The molecule has 0 radical (unpaired) electrons. The average Bonchev–Trinajstić information content (AvgIpc) is 3.55. The second kappa shape index (κ2) is 10.6. The Kier molecular flexibility index (Phi) is 7.87. The molecular formula is C23H30N4O4S. The van der Waals surface area contributed by atoms with Gasteiger partial charge >= 0.3 is 6.03 Å². The zero-order valence-electron chi connectivity index (χ0n) is 18.4. The van der Waals surface area contributed by atoms with Crippen molar-refractivity contribution in [1.29, 1.82) is 0 Å². The number of aryl methyl sites for hydroxylation is 1. The van der Waals surface area contributed by atoms with Gasteiger partial charge in [-0.3, -0.25) is 4.79 Å². The highest BCUT2D eigenvalue weighted by Crippen LogP contribution is 2.22. The van der Waals surface area contributed by atoms with Crippen LogP contribution in [0.1, 0.15) is 44.2 Å². The molecule has 1 fully saturated rings. The molecule has 2 aromatic rings. The van der Waals surface area contributed by atoms with E-state index >= 15 is 0 Å². The summed E-state index contributed by atoms with van der Waals surface area (Å²) in [6, 6.07) is 13.8. The molecule has 2 aromatic carbocycles. The van der Waals surface area contributed by atoms with Gasteiger partial charge in [0.25, 0.3) is 0 Å². The third-order valence-electron chi connectivity index (χ3n) is 4.89. The molecule has 0 spiro atoms. The molecule has 0 aliphatic heterocycles. The number of sulfonamides is 1. The summed E-state index contributed by atoms with van der Waals surface area (Å²) in [6.45, 7) is 4.16. The van der Waals surface area contributed by atoms with Crippen LogP contribution in [0.4, 0.5) is 10.5 Å². The molecule has 32 heavy (non-hydrogen) atoms. The lowest BCUT2D eigenvalue weighted by Gasteiger charge is -2.11. The molecule has 0 heterocycles. The van der Waals surface area contributed by atoms with E-state index in [1.54, 1.807) is 36.4 Å². The molecule has 0 atom stereocenters. The largest absolute Gasteiger partial charge is 0.352 e. The quantitative estimate of drug-likeness (QED) is 0.438. The summed E-state index contributed by atoms with van der Waals surface area (Å²) >= 11 is 0. The molecule has 1 aliphatic rings. The minimum absolute atomic E-state index is 0.0554. The molecule has 0 saturated heterocycles. The molecule has 172 valence electrons. The molecule has 9 heteroatoms. The first-order chi connectivity index (χ1) is 15.2. The number of hydrogen-bond donors (Lipinski definition) is 4. The maximum absolute atomic E-state index is 12.2. The zero-order valence-corrected chi connectivity index (χ0v) is 19.2. The van der Waals surface area contributed by atoms with E-state index in [4.69, 9.17) is 0 Å². The summed E-state index contributed by atoms with van der Waals surface area (Å²) in [5.74, 6) is -0.0874. The summed E-state index contributed by atoms with van der Waals surface area (Å²) in [5, 5.41) is 8.38. The minimum Gasteiger partial charge on any atom is -0.352 e. The molecule has 8 nitrogen and oxygen atoms in total. The van der Waals surface area contributed by atoms with Crippen LogP contribution in [-0.4, -0.2) is 32.4 Å². The standard InChI is InChI=1S/C23H30N4O4S/c1-16(2)25-23(29)26-19-8-3-18(4-9-19)15-24-22(28)14-7-17-5-12-21(13-6-17)32(30,31)27-20-10-11-20/h3-6,8-9,12-13,16,20,27H,7,10-11,14-15H2,1-2H3,(H,24,28)(H2,25,26,29). The molecular weight excluding hydrogens is 428 g/mol. The van der Waals surface area contributed by atoms with Gasteiger partial charge in [-0.2, -0.15) is 0 Å². The SMILES string of the molecule is CC(C)NC(=O)Nc1ccc(CNC(=O)CCc2ccc(S(=O)(=O)NC3CC3)cc2)cc1. The van der Waals surface area contributed by atoms with Gasteiger partial charge in [0.2, 0.25) is 15.9 Å². The van der Waals surface area contributed by atoms with E-state index in [1.807, 2.05) is 26.0 Å². The van der Waals surface area contributed by atoms with Gasteiger partial charge in [0, 0.05) is 30.7 Å². The molecule has 1 saturated carbocycles. The van der Waals surface area contributed by atoms with Gasteiger partial charge in [0.15, 0.2) is 0 Å². The molecule has 1 aliphatic carbocycles. The van der Waals surface area contributed by atoms with E-state index in [2.05, 4.69) is 20.7 Å². The summed E-state index contributed by atoms with van der Waals surface area (Å²) in [6.07, 6.45) is 2.61. The summed E-state index contributed by atoms with van der Waals surface area (Å²) in [7, 11) is -3.46. The van der Waals surface area contributed by atoms with Gasteiger partial charge in [-0.25, -0.2) is 17.9 Å². The van der Waals surface area contributed by atoms with Crippen LogP contribution in [0.25, 0.3) is 0 Å². The molecule has 0 aromatic heterocycles. The third-order valence-corrected chi connectivity index (χ3v) is 6.43. The Balaban J connectivity index is 1.40. The minimum atomic E-state index is -3.46. The fourth-order valence-corrected chi connectivity index (χ4v) is 4.31. The molecule has 3 amide bonds. The predicted octanol–water partition coefficient (Wildman–Crippen LogP) is 2.91. The predicted molar refractivity (Wildman–Crippen MR) is 124 cm³/mol. The highest BCUT2D eigenvalue weighted by Gasteiger charge is 2.27. The van der Waals surface area contributed by atoms with E-state index in [1.165, 1.54) is 0 Å². The van der Waals surface area contributed by atoms with Crippen molar-refractivity contribution in [3.05, 3.63) is 59.7 Å². The third kappa shape index (κ3) is 7.65. The fraction of sp³-hybridized carbons (Fsp3) is 0.391. The van der Waals surface area contributed by atoms with Crippen LogP contribution in [0.3, 0.4) is 0 Å². The van der Waals surface area contributed by atoms with Crippen LogP contribution < -0.4 is 20.7 Å². The van der Waals surface area contributed by atoms with Gasteiger partial charge in [-0.15, -0.1) is 0 Å². The van der Waals surface area contributed by atoms with E-state index in [0.29, 0.717) is 25.1 Å². The lowest BCUT2D eigenvalue weighted by Crippen LogP contribution is -2.34. The first-order valence-electron chi connectivity index (χ1n) is 10.8. The first kappa shape index (κ1) is 23.7. The van der Waals surface area contributed by atoms with Gasteiger partial charge in [-0.1, -0.05) is 24.3 Å². The van der Waals surface area contributed by atoms with Crippen LogP contribution in [0.2, 0.25) is 0 Å². The van der Waals surface area contributed by atoms with Gasteiger partial charge in [0.05, 0.1) is 4.90 Å². The van der Waals surface area contributed by atoms with Gasteiger partial charge < -0.3 is 16.0 Å². The number of benzene rings is 2. The molecule has 3 rings (SSSR count). The van der Waals surface area contributed by atoms with E-state index in [0.717, 1.165) is 24.0 Å². The van der Waals surface area contributed by atoms with Crippen molar-refractivity contribution in [3.8, 4) is 0 Å². The number of amides is 3. The van der Waals surface area contributed by atoms with Crippen molar-refractivity contribution in [1.82, 2.24) is 15.4 Å². The second-order valence-electron chi connectivity index (χ2n) is 8.27. The van der Waals surface area contributed by atoms with E-state index in [-0.39, 0.29) is 28.9 Å². The lowest BCUT2D eigenvalue weighted by atomic mass is 10.1. The molecule has 4 N–H and O–H groups in total. The van der Waals surface area contributed by atoms with Crippen molar-refractivity contribution >= 4 is 27.6 Å². The van der Waals surface area contributed by atoms with Gasteiger partial charge in [-0.05, 0) is 68.5 Å². The Morgan fingerprint density at radius 3 is 2.19 bits per heavy atom. The Labute approximate surface area is 189 Å². The second-order valence-corrected chi connectivity index (χ2v) is 9.98.